The van der Waals surface area contributed by atoms with E-state index in [0.29, 0.717) is 56.8 Å². The van der Waals surface area contributed by atoms with E-state index in [1.54, 1.807) is 0 Å². The van der Waals surface area contributed by atoms with Crippen molar-refractivity contribution < 1.29 is 34.4 Å². The number of nitrogens with one attached hydrogen (secondary N) is 2. The number of aliphatic hydroxyl groups excluding tert-OH is 3. The zero-order valence-electron chi connectivity index (χ0n) is 42.2. The fraction of sp³-hybridized carbons (Fsp3) is 0.719. The summed E-state index contributed by atoms with van der Waals surface area (Å²) in [5, 5.41) is 39.4. The van der Waals surface area contributed by atoms with Crippen molar-refractivity contribution in [3.63, 3.8) is 0 Å². The highest BCUT2D eigenvalue weighted by atomic mass is 16.6. The lowest BCUT2D eigenvalue weighted by Gasteiger charge is -2.71. The van der Waals surface area contributed by atoms with Crippen LogP contribution in [0.1, 0.15) is 153 Å². The monoisotopic (exact) mass is 920 g/mol. The average Bonchev–Trinajstić information content (AvgIpc) is 3.51. The van der Waals surface area contributed by atoms with Gasteiger partial charge in [0.2, 0.25) is 0 Å². The predicted octanol–water partition coefficient (Wildman–Crippen LogP) is 8.93. The lowest BCUT2D eigenvalue weighted by Crippen LogP contribution is -2.69. The molecule has 10 rings (SSSR count). The van der Waals surface area contributed by atoms with Gasteiger partial charge >= 0.3 is 0 Å². The van der Waals surface area contributed by atoms with E-state index in [4.69, 9.17) is 9.47 Å². The molecule has 0 bridgehead atoms. The van der Waals surface area contributed by atoms with Crippen molar-refractivity contribution in [3.05, 3.63) is 69.6 Å². The van der Waals surface area contributed by atoms with Crippen molar-refractivity contribution >= 4 is 22.6 Å². The zero-order valence-corrected chi connectivity index (χ0v) is 42.2. The molecule has 67 heavy (non-hydrogen) atoms. The summed E-state index contributed by atoms with van der Waals surface area (Å²) in [6, 6.07) is 7.10. The van der Waals surface area contributed by atoms with Crippen LogP contribution in [0.5, 0.6) is 0 Å². The molecule has 3 aliphatic heterocycles. The number of Topliss-reactive ketones (excluding diaryl/α,β-unsaturated/α-hetero) is 2. The molecular weight excluding hydrogens is 839 g/mol. The molecule has 4 aliphatic carbocycles. The number of hydrogen-bond donors (Lipinski definition) is 5. The quantitative estimate of drug-likeness (QED) is 0.113. The normalized spacial score (nSPS) is 38.7. The number of aryl methyl sites for hydroxylation is 2. The van der Waals surface area contributed by atoms with Crippen LogP contribution in [0.25, 0.3) is 11.0 Å². The van der Waals surface area contributed by atoms with Gasteiger partial charge in [-0.1, -0.05) is 58.4 Å². The summed E-state index contributed by atoms with van der Waals surface area (Å²) >= 11 is 0. The van der Waals surface area contributed by atoms with Gasteiger partial charge in [-0.3, -0.25) is 9.59 Å². The first-order chi connectivity index (χ1) is 31.7. The number of allylic oxidation sites excluding steroid dienone is 1. The molecule has 12 atom stereocenters. The van der Waals surface area contributed by atoms with Crippen LogP contribution < -0.4 is 5.32 Å². The molecule has 3 aromatic rings. The molecule has 5 heterocycles. The molecule has 10 nitrogen and oxygen atoms in total. The SMILES string of the molecule is CNCC[C@]1(C)C(=O)[C@@H](CCCO)C[C@@]2(C)[C@H]3[C@H](O)[C@@H]4Cn5cc(Cc6cc(C)cc(C7CCOCC7)c6)c6[nH]cc(c65)CC[C@@](C)(C[C@@H](O)[C@H]5OC5(C)C)C5=C4[C@](C)(CC5=O)[C@@]3(C)CC[C@H]21. The standard InChI is InChI=1S/C57H81N3O7/c1-33-23-34(25-38(24-33)35-14-21-66-22-15-35)26-39-31-60-32-40-44-45(53(4,28-42(63)51-52(2,3)67-51)16-12-37-30-59-46(39)47(37)60)41(62)29-57(44,8)56(7)17-13-43-54(5,18-19-58-9)50(65)36(11-10-20-61)27-55(43,6)49(56)48(40)64/h23-25,30-31,35-36,40,42-43,48-49,51,58-59,61,63-64H,10-22,26-29,32H2,1-9H3/t36-,40+,42+,43-,48+,49+,51+,53-,54-,55+,56-,57-/m0/s1. The Morgan fingerprint density at radius 1 is 1.01 bits per heavy atom. The van der Waals surface area contributed by atoms with Gasteiger partial charge in [0.05, 0.1) is 28.8 Å². The molecule has 1 aromatic carbocycles. The fourth-order valence-electron chi connectivity index (χ4n) is 17.0. The van der Waals surface area contributed by atoms with Gasteiger partial charge in [-0.25, -0.2) is 0 Å². The molecule has 0 spiro atoms. The van der Waals surface area contributed by atoms with E-state index in [0.717, 1.165) is 81.4 Å². The van der Waals surface area contributed by atoms with Crippen molar-refractivity contribution in [2.75, 3.05) is 33.4 Å². The van der Waals surface area contributed by atoms with Crippen LogP contribution in [0.2, 0.25) is 0 Å². The number of rotatable bonds is 12. The topological polar surface area (TPSA) is 149 Å². The number of benzene rings is 1. The van der Waals surface area contributed by atoms with Crippen LogP contribution in [-0.4, -0.2) is 93.8 Å². The van der Waals surface area contributed by atoms with E-state index in [9.17, 15) is 20.1 Å². The maximum Gasteiger partial charge on any atom is 0.160 e. The summed E-state index contributed by atoms with van der Waals surface area (Å²) in [6.45, 7) is 20.8. The Kier molecular flexibility index (Phi) is 11.9. The van der Waals surface area contributed by atoms with Crippen molar-refractivity contribution in [3.8, 4) is 0 Å². The Morgan fingerprint density at radius 3 is 2.46 bits per heavy atom. The molecule has 0 amide bonds. The maximum absolute atomic E-state index is 15.5. The van der Waals surface area contributed by atoms with E-state index in [-0.39, 0.29) is 42.2 Å². The summed E-state index contributed by atoms with van der Waals surface area (Å²) in [4.78, 5) is 34.1. The minimum atomic E-state index is -0.789. The summed E-state index contributed by atoms with van der Waals surface area (Å²) in [7, 11) is 1.96. The number of carbonyl (C=O) groups excluding carboxylic acids is 2. The first-order valence-electron chi connectivity index (χ1n) is 26.2. The first kappa shape index (κ1) is 47.6. The third kappa shape index (κ3) is 7.37. The third-order valence-electron chi connectivity index (χ3n) is 20.3. The summed E-state index contributed by atoms with van der Waals surface area (Å²) in [5.41, 5.74) is 7.62. The van der Waals surface area contributed by atoms with E-state index in [1.807, 2.05) is 20.9 Å². The Bertz CT molecular complexity index is 2460. The zero-order chi connectivity index (χ0) is 47.6. The van der Waals surface area contributed by atoms with E-state index >= 15 is 4.79 Å². The number of ether oxygens (including phenoxy) is 2. The van der Waals surface area contributed by atoms with Crippen LogP contribution in [0.3, 0.4) is 0 Å². The number of aromatic amines is 1. The number of carbonyl (C=O) groups is 2. The molecule has 366 valence electrons. The lowest BCUT2D eigenvalue weighted by atomic mass is 9.33. The van der Waals surface area contributed by atoms with Gasteiger partial charge < -0.3 is 39.7 Å². The highest BCUT2D eigenvalue weighted by Crippen LogP contribution is 2.76. The molecule has 2 saturated heterocycles. The average molecular weight is 920 g/mol. The van der Waals surface area contributed by atoms with Crippen LogP contribution in [0.4, 0.5) is 0 Å². The molecular formula is C57H81N3O7. The molecule has 0 unspecified atom stereocenters. The van der Waals surface area contributed by atoms with Crippen molar-refractivity contribution in [1.29, 1.82) is 0 Å². The number of aliphatic hydroxyl groups is 3. The molecule has 2 aromatic heterocycles. The van der Waals surface area contributed by atoms with Gasteiger partial charge in [0.1, 0.15) is 11.9 Å². The maximum atomic E-state index is 15.5. The first-order valence-corrected chi connectivity index (χ1v) is 26.2. The number of ketones is 2. The van der Waals surface area contributed by atoms with E-state index < -0.39 is 44.9 Å². The van der Waals surface area contributed by atoms with Gasteiger partial charge in [-0.2, -0.15) is 0 Å². The largest absolute Gasteiger partial charge is 0.396 e. The minimum absolute atomic E-state index is 0.0490. The number of nitrogens with zero attached hydrogens (tertiary/aromatic N) is 1. The van der Waals surface area contributed by atoms with Gasteiger partial charge in [-0.15, -0.1) is 0 Å². The van der Waals surface area contributed by atoms with Crippen molar-refractivity contribution in [2.24, 2.45) is 50.7 Å². The molecule has 3 saturated carbocycles. The predicted molar refractivity (Wildman–Crippen MR) is 262 cm³/mol. The summed E-state index contributed by atoms with van der Waals surface area (Å²) in [5.74, 6) is 0.292. The minimum Gasteiger partial charge on any atom is -0.396 e. The van der Waals surface area contributed by atoms with Gasteiger partial charge in [0.15, 0.2) is 5.78 Å². The fourth-order valence-corrected chi connectivity index (χ4v) is 17.0. The number of H-pyrrole nitrogens is 1. The Morgan fingerprint density at radius 2 is 1.76 bits per heavy atom. The van der Waals surface area contributed by atoms with E-state index in [1.165, 1.54) is 33.3 Å². The Balaban J connectivity index is 1.13. The highest BCUT2D eigenvalue weighted by molar-refractivity contribution is 6.02. The molecule has 5 N–H and O–H groups in total. The molecule has 10 heteroatoms. The lowest BCUT2D eigenvalue weighted by molar-refractivity contribution is -0.228. The second-order valence-corrected chi connectivity index (χ2v) is 24.8. The second kappa shape index (κ2) is 16.8. The van der Waals surface area contributed by atoms with Gasteiger partial charge in [-0.05, 0) is 167 Å². The van der Waals surface area contributed by atoms with Crippen LogP contribution in [-0.2, 0) is 38.4 Å². The number of aromatic nitrogens is 2. The smallest absolute Gasteiger partial charge is 0.160 e. The number of fused-ring (bicyclic) bond motifs is 4. The molecule has 5 fully saturated rings. The second-order valence-electron chi connectivity index (χ2n) is 24.8. The molecule has 7 aliphatic rings. The van der Waals surface area contributed by atoms with Crippen LogP contribution in [0, 0.1) is 57.7 Å². The Hall–Kier alpha value is -3.12. The highest BCUT2D eigenvalue weighted by Gasteiger charge is 2.73. The van der Waals surface area contributed by atoms with Gasteiger partial charge in [0, 0.05) is 79.8 Å². The summed E-state index contributed by atoms with van der Waals surface area (Å²) < 4.78 is 14.2. The number of hydrogen-bond acceptors (Lipinski definition) is 8. The van der Waals surface area contributed by atoms with Crippen molar-refractivity contribution in [2.45, 2.75) is 175 Å². The van der Waals surface area contributed by atoms with Crippen LogP contribution in [0.15, 0.2) is 41.7 Å². The molecule has 0 radical (unpaired) electrons. The van der Waals surface area contributed by atoms with Crippen LogP contribution >= 0.6 is 0 Å². The number of epoxide rings is 1. The van der Waals surface area contributed by atoms with Gasteiger partial charge in [0.25, 0.3) is 0 Å². The third-order valence-corrected chi connectivity index (χ3v) is 20.3. The van der Waals surface area contributed by atoms with Crippen molar-refractivity contribution in [1.82, 2.24) is 14.9 Å². The Labute approximate surface area is 399 Å². The summed E-state index contributed by atoms with van der Waals surface area (Å²) in [6.07, 6.45) is 12.1. The van der Waals surface area contributed by atoms with E-state index in [2.05, 4.69) is 87.0 Å².